The fourth-order valence-electron chi connectivity index (χ4n) is 2.02. The highest BCUT2D eigenvalue weighted by molar-refractivity contribution is 5.91. The Morgan fingerprint density at radius 2 is 2.00 bits per heavy atom. The largest absolute Gasteiger partial charge is 0.494 e. The number of carboxylic acid groups (broad SMARTS) is 1. The second kappa shape index (κ2) is 7.26. The number of pyridine rings is 1. The first-order chi connectivity index (χ1) is 11.1. The minimum Gasteiger partial charge on any atom is -0.494 e. The van der Waals surface area contributed by atoms with Crippen molar-refractivity contribution in [1.82, 2.24) is 4.98 Å². The maximum Gasteiger partial charge on any atom is 0.358 e. The number of aromatic nitrogens is 1. The van der Waals surface area contributed by atoms with E-state index in [0.717, 1.165) is 0 Å². The molecule has 23 heavy (non-hydrogen) atoms. The summed E-state index contributed by atoms with van der Waals surface area (Å²) in [4.78, 5) is 27.7. The molecule has 1 N–H and O–H groups in total. The zero-order valence-electron chi connectivity index (χ0n) is 12.7. The van der Waals surface area contributed by atoms with Gasteiger partial charge >= 0.3 is 5.97 Å². The van der Waals surface area contributed by atoms with Gasteiger partial charge in [0.2, 0.25) is 6.41 Å². The highest BCUT2D eigenvalue weighted by Gasteiger charge is 2.17. The standard InChI is InChI=1S/C16H16N2O5/c1-3-23-13-6-4-11(5-7-13)18(10-19)12-8-14(22-2)15(16(20)21)17-9-12/h4-10H,3H2,1-2H3,(H,20,21). The van der Waals surface area contributed by atoms with E-state index in [-0.39, 0.29) is 11.4 Å². The van der Waals surface area contributed by atoms with Gasteiger partial charge in [0, 0.05) is 11.8 Å². The van der Waals surface area contributed by atoms with Crippen LogP contribution in [0.25, 0.3) is 0 Å². The van der Waals surface area contributed by atoms with Gasteiger partial charge in [-0.3, -0.25) is 9.69 Å². The molecular formula is C16H16N2O5. The molecule has 0 saturated carbocycles. The van der Waals surface area contributed by atoms with E-state index in [0.29, 0.717) is 30.1 Å². The van der Waals surface area contributed by atoms with Crippen LogP contribution in [-0.2, 0) is 4.79 Å². The summed E-state index contributed by atoms with van der Waals surface area (Å²) < 4.78 is 10.4. The summed E-state index contributed by atoms with van der Waals surface area (Å²) in [5, 5.41) is 9.04. The highest BCUT2D eigenvalue weighted by Crippen LogP contribution is 2.29. The van der Waals surface area contributed by atoms with Gasteiger partial charge in [-0.05, 0) is 31.2 Å². The third kappa shape index (κ3) is 3.57. The molecule has 0 spiro atoms. The molecule has 0 fully saturated rings. The molecule has 0 aliphatic carbocycles. The lowest BCUT2D eigenvalue weighted by Crippen LogP contribution is -2.15. The molecule has 0 aliphatic heterocycles. The molecule has 1 aromatic heterocycles. The van der Waals surface area contributed by atoms with Gasteiger partial charge in [-0.2, -0.15) is 0 Å². The molecule has 1 heterocycles. The van der Waals surface area contributed by atoms with E-state index in [1.165, 1.54) is 24.3 Å². The van der Waals surface area contributed by atoms with Crippen LogP contribution in [0.15, 0.2) is 36.5 Å². The maximum absolute atomic E-state index is 11.4. The molecule has 0 unspecified atom stereocenters. The third-order valence-electron chi connectivity index (χ3n) is 3.07. The van der Waals surface area contributed by atoms with Gasteiger partial charge in [0.15, 0.2) is 11.4 Å². The Labute approximate surface area is 133 Å². The van der Waals surface area contributed by atoms with Gasteiger partial charge in [0.1, 0.15) is 5.75 Å². The lowest BCUT2D eigenvalue weighted by molar-refractivity contribution is -0.106. The van der Waals surface area contributed by atoms with Crippen LogP contribution < -0.4 is 14.4 Å². The Balaban J connectivity index is 2.37. The average molecular weight is 316 g/mol. The fourth-order valence-corrected chi connectivity index (χ4v) is 2.02. The van der Waals surface area contributed by atoms with Crippen molar-refractivity contribution in [3.63, 3.8) is 0 Å². The Morgan fingerprint density at radius 3 is 2.52 bits per heavy atom. The highest BCUT2D eigenvalue weighted by atomic mass is 16.5. The zero-order valence-corrected chi connectivity index (χ0v) is 12.7. The molecule has 1 amide bonds. The number of hydrogen-bond acceptors (Lipinski definition) is 5. The molecule has 7 nitrogen and oxygen atoms in total. The summed E-state index contributed by atoms with van der Waals surface area (Å²) in [5.74, 6) is -0.432. The van der Waals surface area contributed by atoms with Gasteiger partial charge in [0.05, 0.1) is 25.6 Å². The van der Waals surface area contributed by atoms with Gasteiger partial charge in [-0.15, -0.1) is 0 Å². The molecule has 0 bridgehead atoms. The Morgan fingerprint density at radius 1 is 1.30 bits per heavy atom. The third-order valence-corrected chi connectivity index (χ3v) is 3.07. The number of aromatic carboxylic acids is 1. The minimum atomic E-state index is -1.20. The van der Waals surface area contributed by atoms with E-state index in [1.807, 2.05) is 6.92 Å². The van der Waals surface area contributed by atoms with Crippen LogP contribution in [0.2, 0.25) is 0 Å². The first kappa shape index (κ1) is 16.3. The van der Waals surface area contributed by atoms with Crippen molar-refractivity contribution in [1.29, 1.82) is 0 Å². The zero-order chi connectivity index (χ0) is 16.8. The number of rotatable bonds is 7. The second-order valence-corrected chi connectivity index (χ2v) is 4.45. The predicted octanol–water partition coefficient (Wildman–Crippen LogP) is 2.48. The first-order valence-corrected chi connectivity index (χ1v) is 6.85. The monoisotopic (exact) mass is 316 g/mol. The van der Waals surface area contributed by atoms with Crippen LogP contribution in [0, 0.1) is 0 Å². The van der Waals surface area contributed by atoms with Crippen molar-refractivity contribution in [3.8, 4) is 11.5 Å². The normalized spacial score (nSPS) is 10.0. The molecule has 2 aromatic rings. The molecule has 0 atom stereocenters. The van der Waals surface area contributed by atoms with Crippen LogP contribution in [0.3, 0.4) is 0 Å². The number of carboxylic acids is 1. The van der Waals surface area contributed by atoms with Gasteiger partial charge < -0.3 is 14.6 Å². The number of hydrogen-bond donors (Lipinski definition) is 1. The lowest BCUT2D eigenvalue weighted by atomic mass is 10.2. The van der Waals surface area contributed by atoms with Gasteiger partial charge in [0.25, 0.3) is 0 Å². The van der Waals surface area contributed by atoms with E-state index in [2.05, 4.69) is 4.98 Å². The Kier molecular flexibility index (Phi) is 5.14. The lowest BCUT2D eigenvalue weighted by Gasteiger charge is -2.18. The summed E-state index contributed by atoms with van der Waals surface area (Å²) in [6, 6.07) is 8.37. The SMILES string of the molecule is CCOc1ccc(N(C=O)c2cnc(C(=O)O)c(OC)c2)cc1. The smallest absolute Gasteiger partial charge is 0.358 e. The minimum absolute atomic E-state index is 0.0767. The van der Waals surface area contributed by atoms with Crippen LogP contribution >= 0.6 is 0 Å². The number of anilines is 2. The van der Waals surface area contributed by atoms with Crippen molar-refractivity contribution in [3.05, 3.63) is 42.2 Å². The summed E-state index contributed by atoms with van der Waals surface area (Å²) in [6.07, 6.45) is 1.92. The average Bonchev–Trinajstić information content (AvgIpc) is 2.57. The van der Waals surface area contributed by atoms with Crippen LogP contribution in [-0.4, -0.2) is 36.2 Å². The molecule has 2 rings (SSSR count). The molecule has 7 heteroatoms. The molecule has 120 valence electrons. The van der Waals surface area contributed by atoms with Crippen molar-refractivity contribution in [2.45, 2.75) is 6.92 Å². The molecule has 0 saturated heterocycles. The Bertz CT molecular complexity index is 700. The van der Waals surface area contributed by atoms with E-state index in [4.69, 9.17) is 14.6 Å². The van der Waals surface area contributed by atoms with E-state index < -0.39 is 5.97 Å². The molecule has 0 radical (unpaired) electrons. The summed E-state index contributed by atoms with van der Waals surface area (Å²) in [5.41, 5.74) is 0.773. The van der Waals surface area contributed by atoms with Gasteiger partial charge in [-0.25, -0.2) is 9.78 Å². The summed E-state index contributed by atoms with van der Waals surface area (Å²) >= 11 is 0. The second-order valence-electron chi connectivity index (χ2n) is 4.45. The van der Waals surface area contributed by atoms with E-state index >= 15 is 0 Å². The number of ether oxygens (including phenoxy) is 2. The van der Waals surface area contributed by atoms with Crippen molar-refractivity contribution in [2.24, 2.45) is 0 Å². The molecular weight excluding hydrogens is 300 g/mol. The number of nitrogens with zero attached hydrogens (tertiary/aromatic N) is 2. The quantitative estimate of drug-likeness (QED) is 0.789. The number of benzene rings is 1. The van der Waals surface area contributed by atoms with Crippen LogP contribution in [0.1, 0.15) is 17.4 Å². The van der Waals surface area contributed by atoms with E-state index in [1.54, 1.807) is 24.3 Å². The topological polar surface area (TPSA) is 89.0 Å². The number of methoxy groups -OCH3 is 1. The predicted molar refractivity (Wildman–Crippen MR) is 83.6 cm³/mol. The summed E-state index contributed by atoms with van der Waals surface area (Å²) in [7, 11) is 1.34. The first-order valence-electron chi connectivity index (χ1n) is 6.85. The molecule has 1 aromatic carbocycles. The number of amides is 1. The Hall–Kier alpha value is -3.09. The van der Waals surface area contributed by atoms with Crippen molar-refractivity contribution < 1.29 is 24.2 Å². The molecule has 0 aliphatic rings. The van der Waals surface area contributed by atoms with E-state index in [9.17, 15) is 9.59 Å². The van der Waals surface area contributed by atoms with Crippen molar-refractivity contribution >= 4 is 23.8 Å². The summed E-state index contributed by atoms with van der Waals surface area (Å²) in [6.45, 7) is 2.43. The van der Waals surface area contributed by atoms with Crippen LogP contribution in [0.5, 0.6) is 11.5 Å². The number of carbonyl (C=O) groups is 2. The fraction of sp³-hybridized carbons (Fsp3) is 0.188. The maximum atomic E-state index is 11.4. The van der Waals surface area contributed by atoms with Crippen LogP contribution in [0.4, 0.5) is 11.4 Å². The number of carbonyl (C=O) groups excluding carboxylic acids is 1. The van der Waals surface area contributed by atoms with Crippen molar-refractivity contribution in [2.75, 3.05) is 18.6 Å². The van der Waals surface area contributed by atoms with Gasteiger partial charge in [-0.1, -0.05) is 0 Å².